The zero-order valence-electron chi connectivity index (χ0n) is 9.50. The van der Waals surface area contributed by atoms with Crippen LogP contribution >= 0.6 is 0 Å². The Kier molecular flexibility index (Phi) is 3.90. The zero-order valence-corrected chi connectivity index (χ0v) is 9.50. The normalized spacial score (nSPS) is 10.1. The first-order valence-electron chi connectivity index (χ1n) is 5.51. The molecule has 0 aliphatic heterocycles. The van der Waals surface area contributed by atoms with Gasteiger partial charge in [-0.15, -0.1) is 12.3 Å². The molecule has 2 rings (SSSR count). The standard InChI is InChI=1S/C13H14N4/c1-2-3-9-14-10-12-11-15-17(16-12)13-7-5-4-6-8-13/h1,4-8,11,14H,3,9-10H2. The van der Waals surface area contributed by atoms with E-state index in [0.717, 1.165) is 24.3 Å². The average Bonchev–Trinajstić information content (AvgIpc) is 2.85. The van der Waals surface area contributed by atoms with E-state index in [0.29, 0.717) is 6.54 Å². The molecule has 17 heavy (non-hydrogen) atoms. The SMILES string of the molecule is C#CCCNCc1cnn(-c2ccccc2)n1. The van der Waals surface area contributed by atoms with Gasteiger partial charge in [-0.3, -0.25) is 0 Å². The van der Waals surface area contributed by atoms with Gasteiger partial charge in [0, 0.05) is 19.5 Å². The van der Waals surface area contributed by atoms with Gasteiger partial charge in [0.05, 0.1) is 17.6 Å². The molecule has 0 spiro atoms. The van der Waals surface area contributed by atoms with Crippen molar-refractivity contribution in [1.29, 1.82) is 0 Å². The molecule has 2 aromatic rings. The number of hydrogen-bond donors (Lipinski definition) is 1. The predicted octanol–water partition coefficient (Wildman–Crippen LogP) is 1.38. The van der Waals surface area contributed by atoms with Crippen molar-refractivity contribution in [2.45, 2.75) is 13.0 Å². The quantitative estimate of drug-likeness (QED) is 0.618. The lowest BCUT2D eigenvalue weighted by Crippen LogP contribution is -2.14. The van der Waals surface area contributed by atoms with Crippen LogP contribution in [0.5, 0.6) is 0 Å². The first kappa shape index (κ1) is 11.4. The highest BCUT2D eigenvalue weighted by Crippen LogP contribution is 2.03. The highest BCUT2D eigenvalue weighted by molar-refractivity contribution is 5.28. The van der Waals surface area contributed by atoms with Crippen molar-refractivity contribution in [3.63, 3.8) is 0 Å². The number of terminal acetylenes is 1. The zero-order chi connectivity index (χ0) is 11.9. The molecule has 1 aromatic heterocycles. The molecular weight excluding hydrogens is 212 g/mol. The summed E-state index contributed by atoms with van der Waals surface area (Å²) in [6.07, 6.45) is 7.65. The highest BCUT2D eigenvalue weighted by Gasteiger charge is 2.01. The number of para-hydroxylation sites is 1. The van der Waals surface area contributed by atoms with E-state index in [-0.39, 0.29) is 0 Å². The maximum atomic E-state index is 5.17. The Bertz CT molecular complexity index is 496. The Labute approximate surface area is 101 Å². The number of benzene rings is 1. The largest absolute Gasteiger partial charge is 0.310 e. The average molecular weight is 226 g/mol. The molecule has 1 N–H and O–H groups in total. The van der Waals surface area contributed by atoms with Crippen molar-refractivity contribution in [3.8, 4) is 18.0 Å². The number of hydrogen-bond acceptors (Lipinski definition) is 3. The second-order valence-corrected chi connectivity index (χ2v) is 3.59. The topological polar surface area (TPSA) is 42.7 Å². The first-order chi connectivity index (χ1) is 8.40. The van der Waals surface area contributed by atoms with E-state index in [1.807, 2.05) is 30.3 Å². The maximum Gasteiger partial charge on any atom is 0.0969 e. The van der Waals surface area contributed by atoms with Gasteiger partial charge in [-0.1, -0.05) is 18.2 Å². The third-order valence-corrected chi connectivity index (χ3v) is 2.28. The minimum Gasteiger partial charge on any atom is -0.310 e. The fourth-order valence-electron chi connectivity index (χ4n) is 1.44. The Morgan fingerprint density at radius 3 is 2.88 bits per heavy atom. The summed E-state index contributed by atoms with van der Waals surface area (Å²) in [7, 11) is 0. The smallest absolute Gasteiger partial charge is 0.0969 e. The summed E-state index contributed by atoms with van der Waals surface area (Å²) < 4.78 is 0. The Balaban J connectivity index is 1.95. The van der Waals surface area contributed by atoms with Gasteiger partial charge in [0.2, 0.25) is 0 Å². The summed E-state index contributed by atoms with van der Waals surface area (Å²) in [6, 6.07) is 9.83. The number of nitrogens with one attached hydrogen (secondary N) is 1. The van der Waals surface area contributed by atoms with Crippen molar-refractivity contribution in [3.05, 3.63) is 42.2 Å². The van der Waals surface area contributed by atoms with Crippen molar-refractivity contribution < 1.29 is 0 Å². The molecule has 4 heteroatoms. The predicted molar refractivity (Wildman–Crippen MR) is 66.5 cm³/mol. The third-order valence-electron chi connectivity index (χ3n) is 2.28. The van der Waals surface area contributed by atoms with E-state index in [1.165, 1.54) is 0 Å². The fraction of sp³-hybridized carbons (Fsp3) is 0.231. The molecule has 1 aromatic carbocycles. The molecule has 0 fully saturated rings. The minimum absolute atomic E-state index is 0.689. The van der Waals surface area contributed by atoms with Crippen LogP contribution in [-0.2, 0) is 6.54 Å². The monoisotopic (exact) mass is 226 g/mol. The van der Waals surface area contributed by atoms with Crippen molar-refractivity contribution in [1.82, 2.24) is 20.3 Å². The van der Waals surface area contributed by atoms with E-state index in [2.05, 4.69) is 21.4 Å². The number of rotatable bonds is 5. The third kappa shape index (κ3) is 3.16. The molecule has 0 atom stereocenters. The molecule has 0 saturated heterocycles. The maximum absolute atomic E-state index is 5.17. The first-order valence-corrected chi connectivity index (χ1v) is 5.51. The van der Waals surface area contributed by atoms with E-state index < -0.39 is 0 Å². The summed E-state index contributed by atoms with van der Waals surface area (Å²) in [5.74, 6) is 2.58. The van der Waals surface area contributed by atoms with Gasteiger partial charge < -0.3 is 5.32 Å². The van der Waals surface area contributed by atoms with Crippen LogP contribution in [0.3, 0.4) is 0 Å². The summed E-state index contributed by atoms with van der Waals surface area (Å²) >= 11 is 0. The molecule has 0 radical (unpaired) electrons. The molecule has 0 saturated carbocycles. The van der Waals surface area contributed by atoms with Crippen LogP contribution in [0.2, 0.25) is 0 Å². The van der Waals surface area contributed by atoms with Crippen LogP contribution in [0.1, 0.15) is 12.1 Å². The van der Waals surface area contributed by atoms with Crippen molar-refractivity contribution in [2.24, 2.45) is 0 Å². The summed E-state index contributed by atoms with van der Waals surface area (Å²) in [5.41, 5.74) is 1.87. The van der Waals surface area contributed by atoms with Crippen LogP contribution in [-0.4, -0.2) is 21.5 Å². The molecular formula is C13H14N4. The molecule has 4 nitrogen and oxygen atoms in total. The van der Waals surface area contributed by atoms with Gasteiger partial charge in [-0.2, -0.15) is 15.0 Å². The summed E-state index contributed by atoms with van der Waals surface area (Å²) in [4.78, 5) is 1.62. The molecule has 1 heterocycles. The summed E-state index contributed by atoms with van der Waals surface area (Å²) in [5, 5.41) is 11.8. The Morgan fingerprint density at radius 2 is 2.12 bits per heavy atom. The van der Waals surface area contributed by atoms with Gasteiger partial charge in [0.1, 0.15) is 0 Å². The van der Waals surface area contributed by atoms with Crippen molar-refractivity contribution >= 4 is 0 Å². The van der Waals surface area contributed by atoms with E-state index in [9.17, 15) is 0 Å². The molecule has 0 bridgehead atoms. The fourth-order valence-corrected chi connectivity index (χ4v) is 1.44. The van der Waals surface area contributed by atoms with Gasteiger partial charge >= 0.3 is 0 Å². The number of nitrogens with zero attached hydrogens (tertiary/aromatic N) is 3. The van der Waals surface area contributed by atoms with Crippen LogP contribution in [0.4, 0.5) is 0 Å². The molecule has 0 aliphatic carbocycles. The van der Waals surface area contributed by atoms with Gasteiger partial charge in [-0.05, 0) is 12.1 Å². The van der Waals surface area contributed by atoms with Crippen LogP contribution in [0.25, 0.3) is 5.69 Å². The molecule has 0 unspecified atom stereocenters. The van der Waals surface area contributed by atoms with Gasteiger partial charge in [0.15, 0.2) is 0 Å². The molecule has 0 amide bonds. The van der Waals surface area contributed by atoms with E-state index in [1.54, 1.807) is 11.0 Å². The van der Waals surface area contributed by atoms with E-state index >= 15 is 0 Å². The molecule has 86 valence electrons. The summed E-state index contributed by atoms with van der Waals surface area (Å²) in [6.45, 7) is 1.49. The highest BCUT2D eigenvalue weighted by atomic mass is 15.5. The van der Waals surface area contributed by atoms with Crippen LogP contribution in [0, 0.1) is 12.3 Å². The lowest BCUT2D eigenvalue weighted by molar-refractivity contribution is 0.669. The van der Waals surface area contributed by atoms with Crippen LogP contribution < -0.4 is 5.32 Å². The van der Waals surface area contributed by atoms with E-state index in [4.69, 9.17) is 6.42 Å². The minimum atomic E-state index is 0.689. The Hall–Kier alpha value is -2.12. The van der Waals surface area contributed by atoms with Gasteiger partial charge in [-0.25, -0.2) is 0 Å². The molecule has 0 aliphatic rings. The number of aromatic nitrogens is 3. The van der Waals surface area contributed by atoms with Crippen LogP contribution in [0.15, 0.2) is 36.5 Å². The second-order valence-electron chi connectivity index (χ2n) is 3.59. The lowest BCUT2D eigenvalue weighted by Gasteiger charge is -1.99. The second kappa shape index (κ2) is 5.83. The van der Waals surface area contributed by atoms with Gasteiger partial charge in [0.25, 0.3) is 0 Å². The van der Waals surface area contributed by atoms with Crippen molar-refractivity contribution in [2.75, 3.05) is 6.54 Å². The lowest BCUT2D eigenvalue weighted by atomic mass is 10.3. The Morgan fingerprint density at radius 1 is 1.29 bits per heavy atom.